The number of hydrogen-bond donors (Lipinski definition) is 3. The van der Waals surface area contributed by atoms with E-state index in [9.17, 15) is 14.9 Å². The summed E-state index contributed by atoms with van der Waals surface area (Å²) in [6.07, 6.45) is 2.32. The molecule has 0 radical (unpaired) electrons. The van der Waals surface area contributed by atoms with Crippen molar-refractivity contribution in [3.05, 3.63) is 51.7 Å². The lowest BCUT2D eigenvalue weighted by Gasteiger charge is -2.20. The van der Waals surface area contributed by atoms with Crippen LogP contribution in [-0.2, 0) is 0 Å². The maximum Gasteiger partial charge on any atom is 0.409 e. The molecule has 194 valence electrons. The third-order valence-electron chi connectivity index (χ3n) is 5.57. The molecule has 0 unspecified atom stereocenters. The number of amides is 1. The minimum atomic E-state index is -0.971. The molecule has 1 aliphatic heterocycles. The minimum absolute atomic E-state index is 0.0616. The van der Waals surface area contributed by atoms with E-state index in [2.05, 4.69) is 20.6 Å². The number of halogens is 1. The van der Waals surface area contributed by atoms with Crippen LogP contribution in [-0.4, -0.2) is 48.3 Å². The lowest BCUT2D eigenvalue weighted by Crippen LogP contribution is -2.19. The summed E-state index contributed by atoms with van der Waals surface area (Å²) in [7, 11) is 2.94. The van der Waals surface area contributed by atoms with Crippen LogP contribution >= 0.6 is 11.6 Å². The number of aromatic nitrogens is 2. The summed E-state index contributed by atoms with van der Waals surface area (Å²) >= 11 is 6.31. The molecule has 0 spiro atoms. The SMILES string of the molecule is COc1cc(N2CCCC2)c([N+](=O)[O-])cc1Nc1ncc(Cl)c(Nc2cc(OC(N)=O)ccc2OC)n1. The maximum absolute atomic E-state index is 11.8. The fourth-order valence-electron chi connectivity index (χ4n) is 3.91. The minimum Gasteiger partial charge on any atom is -0.495 e. The van der Waals surface area contributed by atoms with Crippen LogP contribution < -0.4 is 35.5 Å². The number of carbonyl (C=O) groups excluding carboxylic acids is 1. The van der Waals surface area contributed by atoms with Crippen molar-refractivity contribution in [3.8, 4) is 17.2 Å². The van der Waals surface area contributed by atoms with Gasteiger partial charge in [-0.2, -0.15) is 4.98 Å². The highest BCUT2D eigenvalue weighted by Gasteiger charge is 2.25. The zero-order valence-electron chi connectivity index (χ0n) is 20.0. The summed E-state index contributed by atoms with van der Waals surface area (Å²) in [6, 6.07) is 7.59. The molecule has 4 rings (SSSR count). The summed E-state index contributed by atoms with van der Waals surface area (Å²) in [5.41, 5.74) is 6.22. The van der Waals surface area contributed by atoms with E-state index in [1.165, 1.54) is 38.6 Å². The normalized spacial score (nSPS) is 12.7. The van der Waals surface area contributed by atoms with E-state index in [4.69, 9.17) is 31.5 Å². The number of ether oxygens (including phenoxy) is 3. The molecule has 37 heavy (non-hydrogen) atoms. The molecule has 1 amide bonds. The molecule has 2 heterocycles. The summed E-state index contributed by atoms with van der Waals surface area (Å²) < 4.78 is 15.8. The van der Waals surface area contributed by atoms with E-state index in [1.807, 2.05) is 4.90 Å². The molecule has 14 heteroatoms. The van der Waals surface area contributed by atoms with Gasteiger partial charge in [0.25, 0.3) is 5.69 Å². The zero-order chi connectivity index (χ0) is 26.5. The second kappa shape index (κ2) is 11.0. The number of benzene rings is 2. The van der Waals surface area contributed by atoms with Gasteiger partial charge >= 0.3 is 6.09 Å². The number of nitro benzene ring substituents is 1. The molecular formula is C23H24ClN7O6. The van der Waals surface area contributed by atoms with Gasteiger partial charge < -0.3 is 35.5 Å². The Morgan fingerprint density at radius 3 is 2.46 bits per heavy atom. The summed E-state index contributed by atoms with van der Waals surface area (Å²) in [5, 5.41) is 18.0. The van der Waals surface area contributed by atoms with Gasteiger partial charge in [0.1, 0.15) is 28.0 Å². The van der Waals surface area contributed by atoms with Crippen LogP contribution in [0.25, 0.3) is 0 Å². The number of anilines is 5. The van der Waals surface area contributed by atoms with Crippen LogP contribution in [0.5, 0.6) is 17.2 Å². The first-order valence-corrected chi connectivity index (χ1v) is 11.5. The first-order valence-electron chi connectivity index (χ1n) is 11.1. The molecule has 4 N–H and O–H groups in total. The average molecular weight is 530 g/mol. The number of primary amides is 1. The predicted octanol–water partition coefficient (Wildman–Crippen LogP) is 4.60. The van der Waals surface area contributed by atoms with Crippen molar-refractivity contribution in [2.45, 2.75) is 12.8 Å². The second-order valence-corrected chi connectivity index (χ2v) is 8.32. The van der Waals surface area contributed by atoms with Gasteiger partial charge in [-0.3, -0.25) is 10.1 Å². The zero-order valence-corrected chi connectivity index (χ0v) is 20.7. The molecule has 0 bridgehead atoms. The first kappa shape index (κ1) is 25.6. The molecule has 0 aliphatic carbocycles. The Balaban J connectivity index is 1.66. The predicted molar refractivity (Wildman–Crippen MR) is 138 cm³/mol. The molecule has 1 aromatic heterocycles. The fourth-order valence-corrected chi connectivity index (χ4v) is 4.05. The van der Waals surface area contributed by atoms with E-state index in [-0.39, 0.29) is 28.2 Å². The largest absolute Gasteiger partial charge is 0.495 e. The number of nitrogens with two attached hydrogens (primary N) is 1. The Bertz CT molecular complexity index is 1330. The van der Waals surface area contributed by atoms with Gasteiger partial charge in [0.05, 0.1) is 36.7 Å². The van der Waals surface area contributed by atoms with Crippen molar-refractivity contribution in [3.63, 3.8) is 0 Å². The Morgan fingerprint density at radius 2 is 1.81 bits per heavy atom. The fraction of sp³-hybridized carbons (Fsp3) is 0.261. The quantitative estimate of drug-likeness (QED) is 0.261. The van der Waals surface area contributed by atoms with E-state index < -0.39 is 11.0 Å². The van der Waals surface area contributed by atoms with Crippen LogP contribution in [0.3, 0.4) is 0 Å². The van der Waals surface area contributed by atoms with Crippen molar-refractivity contribution >= 4 is 52.2 Å². The highest BCUT2D eigenvalue weighted by molar-refractivity contribution is 6.33. The molecular weight excluding hydrogens is 506 g/mol. The van der Waals surface area contributed by atoms with Crippen molar-refractivity contribution in [2.75, 3.05) is 42.8 Å². The standard InChI is InChI=1S/C23H24ClN7O6/c1-35-19-6-5-13(37-22(25)32)9-15(19)27-21-14(24)12-26-23(29-21)28-16-10-18(31(33)34)17(11-20(16)36-2)30-7-3-4-8-30/h5-6,9-12H,3-4,7-8H2,1-2H3,(H2,25,32)(H2,26,27,28,29). The van der Waals surface area contributed by atoms with E-state index in [0.717, 1.165) is 25.9 Å². The molecule has 1 aliphatic rings. The number of methoxy groups -OCH3 is 2. The summed E-state index contributed by atoms with van der Waals surface area (Å²) in [6.45, 7) is 1.47. The monoisotopic (exact) mass is 529 g/mol. The average Bonchev–Trinajstić information content (AvgIpc) is 3.40. The number of carbonyl (C=O) groups is 1. The second-order valence-electron chi connectivity index (χ2n) is 7.92. The topological polar surface area (TPSA) is 167 Å². The first-order chi connectivity index (χ1) is 17.8. The van der Waals surface area contributed by atoms with Gasteiger partial charge in [-0.1, -0.05) is 11.6 Å². The van der Waals surface area contributed by atoms with Crippen molar-refractivity contribution in [1.82, 2.24) is 9.97 Å². The molecule has 3 aromatic rings. The molecule has 13 nitrogen and oxygen atoms in total. The Morgan fingerprint density at radius 1 is 1.11 bits per heavy atom. The van der Waals surface area contributed by atoms with Crippen molar-refractivity contribution in [1.29, 1.82) is 0 Å². The van der Waals surface area contributed by atoms with Gasteiger partial charge in [0.2, 0.25) is 5.95 Å². The lowest BCUT2D eigenvalue weighted by atomic mass is 10.2. The lowest BCUT2D eigenvalue weighted by molar-refractivity contribution is -0.384. The Labute approximate surface area is 216 Å². The maximum atomic E-state index is 11.8. The number of hydrogen-bond acceptors (Lipinski definition) is 11. The highest BCUT2D eigenvalue weighted by Crippen LogP contribution is 2.41. The van der Waals surface area contributed by atoms with Gasteiger partial charge in [-0.05, 0) is 25.0 Å². The third-order valence-corrected chi connectivity index (χ3v) is 5.85. The molecule has 1 saturated heterocycles. The van der Waals surface area contributed by atoms with Crippen LogP contribution in [0.4, 0.5) is 39.3 Å². The number of nitrogens with one attached hydrogen (secondary N) is 2. The number of nitro groups is 1. The molecule has 1 fully saturated rings. The Hall–Kier alpha value is -4.52. The smallest absolute Gasteiger partial charge is 0.409 e. The van der Waals surface area contributed by atoms with Crippen LogP contribution in [0.2, 0.25) is 5.02 Å². The molecule has 0 atom stereocenters. The van der Waals surface area contributed by atoms with E-state index in [1.54, 1.807) is 12.1 Å². The van der Waals surface area contributed by atoms with Gasteiger partial charge in [0.15, 0.2) is 5.82 Å². The third kappa shape index (κ3) is 5.83. The Kier molecular flexibility index (Phi) is 7.63. The van der Waals surface area contributed by atoms with Gasteiger partial charge in [-0.15, -0.1) is 0 Å². The highest BCUT2D eigenvalue weighted by atomic mass is 35.5. The van der Waals surface area contributed by atoms with Gasteiger partial charge in [-0.25, -0.2) is 9.78 Å². The number of nitrogens with zero attached hydrogens (tertiary/aromatic N) is 4. The summed E-state index contributed by atoms with van der Waals surface area (Å²) in [4.78, 5) is 33.1. The van der Waals surface area contributed by atoms with Crippen LogP contribution in [0.1, 0.15) is 12.8 Å². The van der Waals surface area contributed by atoms with Crippen molar-refractivity contribution < 1.29 is 23.9 Å². The molecule has 2 aromatic carbocycles. The molecule has 0 saturated carbocycles. The van der Waals surface area contributed by atoms with Crippen molar-refractivity contribution in [2.24, 2.45) is 5.73 Å². The summed E-state index contributed by atoms with van der Waals surface area (Å²) in [5.74, 6) is 1.26. The van der Waals surface area contributed by atoms with Crippen LogP contribution in [0, 0.1) is 10.1 Å². The van der Waals surface area contributed by atoms with E-state index >= 15 is 0 Å². The van der Waals surface area contributed by atoms with Crippen LogP contribution in [0.15, 0.2) is 36.5 Å². The van der Waals surface area contributed by atoms with E-state index in [0.29, 0.717) is 28.6 Å². The number of rotatable bonds is 9. The van der Waals surface area contributed by atoms with Gasteiger partial charge in [0, 0.05) is 31.3 Å².